The number of carbonyl (C=O) groups is 1. The molecule has 1 aliphatic carbocycles. The number of nitrogens with one attached hydrogen (secondary N) is 1. The van der Waals surface area contributed by atoms with Gasteiger partial charge in [0.25, 0.3) is 0 Å². The zero-order chi connectivity index (χ0) is 16.2. The van der Waals surface area contributed by atoms with Crippen LogP contribution in [0.2, 0.25) is 0 Å². The number of rotatable bonds is 4. The maximum atomic E-state index is 12.8. The van der Waals surface area contributed by atoms with Gasteiger partial charge in [-0.05, 0) is 58.0 Å². The van der Waals surface area contributed by atoms with Crippen LogP contribution in [0.15, 0.2) is 0 Å². The molecule has 132 valence electrons. The lowest BCUT2D eigenvalue weighted by Crippen LogP contribution is -2.55. The van der Waals surface area contributed by atoms with E-state index in [9.17, 15) is 4.79 Å². The van der Waals surface area contributed by atoms with E-state index in [1.807, 2.05) is 0 Å². The van der Waals surface area contributed by atoms with Crippen molar-refractivity contribution in [3.05, 3.63) is 0 Å². The molecule has 0 spiro atoms. The Balaban J connectivity index is 1.56. The van der Waals surface area contributed by atoms with E-state index in [0.29, 0.717) is 24.4 Å². The highest BCUT2D eigenvalue weighted by Gasteiger charge is 2.35. The van der Waals surface area contributed by atoms with Crippen molar-refractivity contribution in [1.82, 2.24) is 10.2 Å². The summed E-state index contributed by atoms with van der Waals surface area (Å²) in [6.07, 6.45) is 10.2. The first-order valence-electron chi connectivity index (χ1n) is 9.43. The molecule has 2 saturated heterocycles. The monoisotopic (exact) mass is 360 g/mol. The third kappa shape index (κ3) is 4.62. The summed E-state index contributed by atoms with van der Waals surface area (Å²) >= 11 is 12.5. The normalized spacial score (nSPS) is 40.0. The first kappa shape index (κ1) is 18.0. The summed E-state index contributed by atoms with van der Waals surface area (Å²) in [6, 6.07) is 1.13. The lowest BCUT2D eigenvalue weighted by Gasteiger charge is -2.42. The summed E-state index contributed by atoms with van der Waals surface area (Å²) in [5.74, 6) is 0.510. The van der Waals surface area contributed by atoms with Crippen molar-refractivity contribution in [3.8, 4) is 0 Å². The molecule has 3 aliphatic rings. The summed E-state index contributed by atoms with van der Waals surface area (Å²) in [5.41, 5.74) is 0. The second-order valence-corrected chi connectivity index (χ2v) is 8.72. The molecule has 3 rings (SSSR count). The molecule has 1 N–H and O–H groups in total. The molecule has 0 radical (unpaired) electrons. The van der Waals surface area contributed by atoms with Crippen LogP contribution in [0.3, 0.4) is 0 Å². The van der Waals surface area contributed by atoms with Crippen molar-refractivity contribution in [2.45, 2.75) is 80.6 Å². The van der Waals surface area contributed by atoms with E-state index in [1.165, 1.54) is 38.5 Å². The van der Waals surface area contributed by atoms with E-state index < -0.39 is 0 Å². The second-order valence-electron chi connectivity index (χ2n) is 7.60. The Kier molecular flexibility index (Phi) is 6.65. The highest BCUT2D eigenvalue weighted by Crippen LogP contribution is 2.33. The van der Waals surface area contributed by atoms with Crippen molar-refractivity contribution in [2.24, 2.45) is 5.92 Å². The third-order valence-corrected chi connectivity index (χ3v) is 7.12. The fraction of sp³-hybridized carbons (Fsp3) is 0.944. The predicted molar refractivity (Wildman–Crippen MR) is 96.5 cm³/mol. The number of hydrogen-bond donors (Lipinski definition) is 1. The number of ketones is 1. The van der Waals surface area contributed by atoms with Crippen molar-refractivity contribution in [1.29, 1.82) is 0 Å². The van der Waals surface area contributed by atoms with Crippen LogP contribution in [0.25, 0.3) is 0 Å². The Morgan fingerprint density at radius 2 is 1.83 bits per heavy atom. The van der Waals surface area contributed by atoms with Gasteiger partial charge in [-0.15, -0.1) is 23.2 Å². The molecule has 0 aromatic heterocycles. The lowest BCUT2D eigenvalue weighted by atomic mass is 9.84. The summed E-state index contributed by atoms with van der Waals surface area (Å²) in [7, 11) is 0. The number of hydrogen-bond acceptors (Lipinski definition) is 3. The number of piperidine rings is 2. The molecule has 2 heterocycles. The SMILES string of the molecule is O=C(CN1CCCCC1C1CCCCN1)C1CCC(Cl)C(Cl)C1. The zero-order valence-corrected chi connectivity index (χ0v) is 15.5. The first-order valence-corrected chi connectivity index (χ1v) is 10.3. The van der Waals surface area contributed by atoms with Gasteiger partial charge in [0, 0.05) is 23.4 Å². The molecular weight excluding hydrogens is 331 g/mol. The maximum Gasteiger partial charge on any atom is 0.149 e. The number of alkyl halides is 2. The van der Waals surface area contributed by atoms with Crippen LogP contribution in [-0.2, 0) is 4.79 Å². The Hall–Kier alpha value is 0.170. The van der Waals surface area contributed by atoms with Crippen LogP contribution in [-0.4, -0.2) is 53.2 Å². The van der Waals surface area contributed by atoms with E-state index in [4.69, 9.17) is 23.2 Å². The maximum absolute atomic E-state index is 12.8. The molecule has 0 aromatic rings. The van der Waals surface area contributed by atoms with Crippen LogP contribution in [0.1, 0.15) is 57.8 Å². The average Bonchev–Trinajstić information content (AvgIpc) is 2.58. The van der Waals surface area contributed by atoms with Crippen molar-refractivity contribution >= 4 is 29.0 Å². The average molecular weight is 361 g/mol. The molecule has 2 aliphatic heterocycles. The van der Waals surface area contributed by atoms with Gasteiger partial charge in [-0.3, -0.25) is 9.69 Å². The van der Waals surface area contributed by atoms with Gasteiger partial charge in [-0.25, -0.2) is 0 Å². The Labute approximate surface area is 150 Å². The van der Waals surface area contributed by atoms with E-state index >= 15 is 0 Å². The highest BCUT2D eigenvalue weighted by atomic mass is 35.5. The first-order chi connectivity index (χ1) is 11.1. The second kappa shape index (κ2) is 8.51. The minimum Gasteiger partial charge on any atom is -0.312 e. The molecule has 5 heteroatoms. The predicted octanol–water partition coefficient (Wildman–Crippen LogP) is 3.57. The Morgan fingerprint density at radius 1 is 1.00 bits per heavy atom. The topological polar surface area (TPSA) is 32.3 Å². The van der Waals surface area contributed by atoms with Crippen molar-refractivity contribution < 1.29 is 4.79 Å². The quantitative estimate of drug-likeness (QED) is 0.777. The smallest absolute Gasteiger partial charge is 0.149 e. The van der Waals surface area contributed by atoms with Crippen LogP contribution in [0.5, 0.6) is 0 Å². The minimum absolute atomic E-state index is 0.0369. The fourth-order valence-corrected chi connectivity index (χ4v) is 5.15. The molecule has 5 atom stereocenters. The van der Waals surface area contributed by atoms with Gasteiger partial charge in [0.1, 0.15) is 5.78 Å². The third-order valence-electron chi connectivity index (χ3n) is 5.98. The molecule has 23 heavy (non-hydrogen) atoms. The van der Waals surface area contributed by atoms with Gasteiger partial charge < -0.3 is 5.32 Å². The van der Waals surface area contributed by atoms with E-state index in [2.05, 4.69) is 10.2 Å². The van der Waals surface area contributed by atoms with Gasteiger partial charge in [-0.1, -0.05) is 12.8 Å². The molecule has 0 aromatic carbocycles. The van der Waals surface area contributed by atoms with Gasteiger partial charge in [-0.2, -0.15) is 0 Å². The van der Waals surface area contributed by atoms with E-state index in [0.717, 1.165) is 32.4 Å². The molecule has 1 saturated carbocycles. The van der Waals surface area contributed by atoms with E-state index in [1.54, 1.807) is 0 Å². The van der Waals surface area contributed by atoms with Gasteiger partial charge in [0.15, 0.2) is 0 Å². The van der Waals surface area contributed by atoms with E-state index in [-0.39, 0.29) is 16.7 Å². The Morgan fingerprint density at radius 3 is 2.57 bits per heavy atom. The number of likely N-dealkylation sites (tertiary alicyclic amines) is 1. The summed E-state index contributed by atoms with van der Waals surface area (Å²) in [4.78, 5) is 15.2. The minimum atomic E-state index is -0.0449. The lowest BCUT2D eigenvalue weighted by molar-refractivity contribution is -0.126. The zero-order valence-electron chi connectivity index (χ0n) is 14.0. The van der Waals surface area contributed by atoms with Gasteiger partial charge in [0.2, 0.25) is 0 Å². The van der Waals surface area contributed by atoms with Crippen molar-refractivity contribution in [2.75, 3.05) is 19.6 Å². The largest absolute Gasteiger partial charge is 0.312 e. The summed E-state index contributed by atoms with van der Waals surface area (Å²) in [6.45, 7) is 2.82. The molecule has 5 unspecified atom stereocenters. The molecule has 0 amide bonds. The van der Waals surface area contributed by atoms with Crippen molar-refractivity contribution in [3.63, 3.8) is 0 Å². The molecular formula is C18H30Cl2N2O. The van der Waals surface area contributed by atoms with Crippen LogP contribution in [0, 0.1) is 5.92 Å². The van der Waals surface area contributed by atoms with Gasteiger partial charge in [0.05, 0.1) is 11.9 Å². The number of carbonyl (C=O) groups excluding carboxylic acids is 1. The van der Waals surface area contributed by atoms with Gasteiger partial charge >= 0.3 is 0 Å². The Bertz CT molecular complexity index is 400. The van der Waals surface area contributed by atoms with Crippen LogP contribution in [0.4, 0.5) is 0 Å². The summed E-state index contributed by atoms with van der Waals surface area (Å²) < 4.78 is 0. The highest BCUT2D eigenvalue weighted by molar-refractivity contribution is 6.30. The van der Waals surface area contributed by atoms with Crippen LogP contribution >= 0.6 is 23.2 Å². The fourth-order valence-electron chi connectivity index (χ4n) is 4.58. The molecule has 0 bridgehead atoms. The number of halogens is 2. The summed E-state index contributed by atoms with van der Waals surface area (Å²) in [5, 5.41) is 3.68. The number of nitrogens with zero attached hydrogens (tertiary/aromatic N) is 1. The molecule has 3 fully saturated rings. The standard InChI is InChI=1S/C18H30Cl2N2O/c19-14-8-7-13(11-15(14)20)18(23)12-22-10-4-2-6-17(22)16-5-1-3-9-21-16/h13-17,21H,1-12H2. The van der Waals surface area contributed by atoms with Crippen LogP contribution < -0.4 is 5.32 Å². The molecule has 3 nitrogen and oxygen atoms in total. The number of Topliss-reactive ketones (excluding diaryl/α,β-unsaturated/α-hetero) is 1.